The van der Waals surface area contributed by atoms with E-state index >= 15 is 0 Å². The highest BCUT2D eigenvalue weighted by atomic mass is 15.1. The Bertz CT molecular complexity index is 343. The van der Waals surface area contributed by atoms with E-state index in [2.05, 4.69) is 10.2 Å². The first kappa shape index (κ1) is 14.5. The average molecular weight is 290 g/mol. The minimum atomic E-state index is 0.629. The van der Waals surface area contributed by atoms with Crippen LogP contribution in [0.15, 0.2) is 0 Å². The lowest BCUT2D eigenvalue weighted by molar-refractivity contribution is 0.0522. The van der Waals surface area contributed by atoms with Crippen molar-refractivity contribution in [2.75, 3.05) is 26.2 Å². The van der Waals surface area contributed by atoms with E-state index in [1.807, 2.05) is 0 Å². The van der Waals surface area contributed by atoms with E-state index in [1.165, 1.54) is 96.8 Å². The van der Waals surface area contributed by atoms with Crippen LogP contribution in [-0.2, 0) is 0 Å². The molecule has 1 heterocycles. The van der Waals surface area contributed by atoms with Crippen LogP contribution < -0.4 is 5.32 Å². The van der Waals surface area contributed by atoms with Crippen LogP contribution in [0.1, 0.15) is 70.6 Å². The lowest BCUT2D eigenvalue weighted by atomic mass is 9.74. The smallest absolute Gasteiger partial charge is 0.00684 e. The highest BCUT2D eigenvalue weighted by Crippen LogP contribution is 2.42. The van der Waals surface area contributed by atoms with Crippen LogP contribution in [0.4, 0.5) is 0 Å². The van der Waals surface area contributed by atoms with Gasteiger partial charge in [-0.15, -0.1) is 0 Å². The molecule has 1 aliphatic heterocycles. The van der Waals surface area contributed by atoms with Gasteiger partial charge >= 0.3 is 0 Å². The number of nitrogens with one attached hydrogen (secondary N) is 1. The largest absolute Gasteiger partial charge is 0.313 e. The highest BCUT2D eigenvalue weighted by Gasteiger charge is 2.39. The lowest BCUT2D eigenvalue weighted by Gasteiger charge is -2.44. The van der Waals surface area contributed by atoms with E-state index in [0.717, 1.165) is 17.9 Å². The highest BCUT2D eigenvalue weighted by molar-refractivity contribution is 4.94. The van der Waals surface area contributed by atoms with Crippen molar-refractivity contribution < 1.29 is 0 Å². The summed E-state index contributed by atoms with van der Waals surface area (Å²) in [6.07, 6.45) is 16.4. The van der Waals surface area contributed by atoms with Gasteiger partial charge in [-0.05, 0) is 62.3 Å². The SMILES string of the molecule is C1CCC2CN(CC3(CNC4CC4)CCCC3)CCC2C1. The monoisotopic (exact) mass is 290 g/mol. The maximum absolute atomic E-state index is 3.86. The fourth-order valence-corrected chi connectivity index (χ4v) is 5.46. The molecule has 0 aromatic heterocycles. The van der Waals surface area contributed by atoms with Gasteiger partial charge in [0.25, 0.3) is 0 Å². The standard InChI is InChI=1S/C19H34N2/c1-2-6-17-13-21(12-9-16(17)5-1)15-19(10-3-4-11-19)14-20-18-7-8-18/h16-18,20H,1-15H2. The fourth-order valence-electron chi connectivity index (χ4n) is 5.46. The van der Waals surface area contributed by atoms with Crippen LogP contribution in [-0.4, -0.2) is 37.1 Å². The molecular weight excluding hydrogens is 256 g/mol. The lowest BCUT2D eigenvalue weighted by Crippen LogP contribution is -2.48. The number of hydrogen-bond donors (Lipinski definition) is 1. The summed E-state index contributed by atoms with van der Waals surface area (Å²) in [6, 6.07) is 0.881. The molecule has 0 aromatic rings. The minimum Gasteiger partial charge on any atom is -0.313 e. The van der Waals surface area contributed by atoms with Gasteiger partial charge in [-0.3, -0.25) is 0 Å². The van der Waals surface area contributed by atoms with E-state index < -0.39 is 0 Å². The molecule has 2 unspecified atom stereocenters. The molecule has 3 aliphatic carbocycles. The van der Waals surface area contributed by atoms with Crippen molar-refractivity contribution >= 4 is 0 Å². The number of rotatable bonds is 5. The van der Waals surface area contributed by atoms with Crippen molar-refractivity contribution in [2.24, 2.45) is 17.3 Å². The molecule has 21 heavy (non-hydrogen) atoms. The Kier molecular flexibility index (Phi) is 4.28. The molecule has 1 N–H and O–H groups in total. The van der Waals surface area contributed by atoms with Crippen LogP contribution in [0.5, 0.6) is 0 Å². The molecule has 0 aromatic carbocycles. The Hall–Kier alpha value is -0.0800. The summed E-state index contributed by atoms with van der Waals surface area (Å²) in [7, 11) is 0. The topological polar surface area (TPSA) is 15.3 Å². The zero-order valence-electron chi connectivity index (χ0n) is 13.8. The Labute approximate surface area is 131 Å². The van der Waals surface area contributed by atoms with Crippen LogP contribution in [0.2, 0.25) is 0 Å². The van der Waals surface area contributed by atoms with E-state index in [1.54, 1.807) is 0 Å². The van der Waals surface area contributed by atoms with Crippen LogP contribution >= 0.6 is 0 Å². The molecule has 2 atom stereocenters. The Morgan fingerprint density at radius 1 is 0.857 bits per heavy atom. The predicted molar refractivity (Wildman–Crippen MR) is 88.4 cm³/mol. The molecule has 2 heteroatoms. The van der Waals surface area contributed by atoms with Gasteiger partial charge in [-0.1, -0.05) is 32.1 Å². The van der Waals surface area contributed by atoms with Crippen LogP contribution in [0, 0.1) is 17.3 Å². The second-order valence-electron chi connectivity index (χ2n) is 8.69. The minimum absolute atomic E-state index is 0.629. The molecule has 120 valence electrons. The Balaban J connectivity index is 1.34. The van der Waals surface area contributed by atoms with Crippen LogP contribution in [0.3, 0.4) is 0 Å². The van der Waals surface area contributed by atoms with Crippen molar-refractivity contribution in [3.05, 3.63) is 0 Å². The molecule has 4 fully saturated rings. The van der Waals surface area contributed by atoms with Gasteiger partial charge in [0.2, 0.25) is 0 Å². The molecule has 1 saturated heterocycles. The first-order chi connectivity index (χ1) is 10.3. The molecule has 0 amide bonds. The summed E-state index contributed by atoms with van der Waals surface area (Å²) < 4.78 is 0. The van der Waals surface area contributed by atoms with Crippen molar-refractivity contribution in [1.82, 2.24) is 10.2 Å². The maximum atomic E-state index is 3.86. The maximum Gasteiger partial charge on any atom is 0.00684 e. The number of likely N-dealkylation sites (tertiary alicyclic amines) is 1. The van der Waals surface area contributed by atoms with Gasteiger partial charge in [0.15, 0.2) is 0 Å². The average Bonchev–Trinajstić information content (AvgIpc) is 3.25. The fraction of sp³-hybridized carbons (Fsp3) is 1.00. The summed E-state index contributed by atoms with van der Waals surface area (Å²) in [4.78, 5) is 2.87. The van der Waals surface area contributed by atoms with E-state index in [-0.39, 0.29) is 0 Å². The van der Waals surface area contributed by atoms with Gasteiger partial charge in [-0.25, -0.2) is 0 Å². The summed E-state index contributed by atoms with van der Waals surface area (Å²) in [5, 5.41) is 3.86. The third-order valence-electron chi connectivity index (χ3n) is 6.94. The van der Waals surface area contributed by atoms with Crippen molar-refractivity contribution in [2.45, 2.75) is 76.7 Å². The summed E-state index contributed by atoms with van der Waals surface area (Å²) in [5.74, 6) is 2.13. The van der Waals surface area contributed by atoms with Crippen LogP contribution in [0.25, 0.3) is 0 Å². The predicted octanol–water partition coefficient (Wildman–Crippen LogP) is 3.81. The van der Waals surface area contributed by atoms with Gasteiger partial charge < -0.3 is 10.2 Å². The Morgan fingerprint density at radius 2 is 1.62 bits per heavy atom. The zero-order valence-corrected chi connectivity index (χ0v) is 13.8. The third kappa shape index (κ3) is 3.47. The number of fused-ring (bicyclic) bond motifs is 1. The van der Waals surface area contributed by atoms with E-state index in [0.29, 0.717) is 5.41 Å². The molecule has 4 aliphatic rings. The molecule has 0 bridgehead atoms. The van der Waals surface area contributed by atoms with E-state index in [4.69, 9.17) is 0 Å². The quantitative estimate of drug-likeness (QED) is 0.828. The number of piperidine rings is 1. The second-order valence-corrected chi connectivity index (χ2v) is 8.69. The third-order valence-corrected chi connectivity index (χ3v) is 6.94. The van der Waals surface area contributed by atoms with E-state index in [9.17, 15) is 0 Å². The molecule has 0 radical (unpaired) electrons. The molecule has 3 saturated carbocycles. The summed E-state index contributed by atoms with van der Waals surface area (Å²) >= 11 is 0. The van der Waals surface area contributed by atoms with Crippen molar-refractivity contribution in [3.8, 4) is 0 Å². The molecule has 4 rings (SSSR count). The molecular formula is C19H34N2. The Morgan fingerprint density at radius 3 is 2.38 bits per heavy atom. The van der Waals surface area contributed by atoms with Gasteiger partial charge in [0, 0.05) is 25.7 Å². The number of hydrogen-bond acceptors (Lipinski definition) is 2. The summed E-state index contributed by atoms with van der Waals surface area (Å²) in [5.41, 5.74) is 0.629. The first-order valence-corrected chi connectivity index (χ1v) is 9.79. The van der Waals surface area contributed by atoms with Gasteiger partial charge in [0.05, 0.1) is 0 Å². The van der Waals surface area contributed by atoms with Gasteiger partial charge in [-0.2, -0.15) is 0 Å². The number of nitrogens with zero attached hydrogens (tertiary/aromatic N) is 1. The zero-order chi connectivity index (χ0) is 14.1. The summed E-state index contributed by atoms with van der Waals surface area (Å²) in [6.45, 7) is 5.53. The first-order valence-electron chi connectivity index (χ1n) is 9.79. The normalized spacial score (nSPS) is 36.6. The molecule has 0 spiro atoms. The van der Waals surface area contributed by atoms with Crippen molar-refractivity contribution in [1.29, 1.82) is 0 Å². The molecule has 2 nitrogen and oxygen atoms in total. The second kappa shape index (κ2) is 6.20. The van der Waals surface area contributed by atoms with Crippen molar-refractivity contribution in [3.63, 3.8) is 0 Å². The van der Waals surface area contributed by atoms with Gasteiger partial charge in [0.1, 0.15) is 0 Å².